The van der Waals surface area contributed by atoms with E-state index in [1.807, 2.05) is 0 Å². The van der Waals surface area contributed by atoms with Crippen LogP contribution in [0, 0.1) is 13.8 Å². The number of thioether (sulfide) groups is 1. The molecule has 2 aromatic carbocycles. The molecule has 1 saturated heterocycles. The lowest BCUT2D eigenvalue weighted by atomic mass is 10.1. The molecule has 3 aromatic rings. The molecule has 1 fully saturated rings. The van der Waals surface area contributed by atoms with Gasteiger partial charge in [0.15, 0.2) is 11.6 Å². The maximum absolute atomic E-state index is 12.5. The first-order valence-electron chi connectivity index (χ1n) is 11.3. The third-order valence-corrected chi connectivity index (χ3v) is 7.00. The second-order valence-electron chi connectivity index (χ2n) is 8.35. The van der Waals surface area contributed by atoms with E-state index in [0.29, 0.717) is 11.3 Å². The van der Waals surface area contributed by atoms with Crippen molar-refractivity contribution in [3.05, 3.63) is 71.5 Å². The third kappa shape index (κ3) is 5.56. The molecule has 4 rings (SSSR count). The summed E-state index contributed by atoms with van der Waals surface area (Å²) in [6.07, 6.45) is 3.36. The highest BCUT2D eigenvalue weighted by Gasteiger charge is 2.22. The Balaban J connectivity index is 1.37. The molecule has 0 atom stereocenters. The smallest absolute Gasteiger partial charge is 0.234 e. The number of rotatable bonds is 7. The summed E-state index contributed by atoms with van der Waals surface area (Å²) in [5, 5.41) is 3.61. The number of carbonyl (C=O) groups is 2. The van der Waals surface area contributed by atoms with E-state index in [2.05, 4.69) is 57.1 Å². The van der Waals surface area contributed by atoms with Crippen LogP contribution in [0.5, 0.6) is 0 Å². The molecule has 0 bridgehead atoms. The zero-order valence-electron chi connectivity index (χ0n) is 19.7. The highest BCUT2D eigenvalue weighted by molar-refractivity contribution is 8.00. The Labute approximate surface area is 204 Å². The number of benzene rings is 2. The minimum atomic E-state index is -0.151. The van der Waals surface area contributed by atoms with E-state index in [1.54, 1.807) is 36.7 Å². The van der Waals surface area contributed by atoms with Crippen molar-refractivity contribution in [2.75, 3.05) is 47.0 Å². The van der Waals surface area contributed by atoms with Gasteiger partial charge in [-0.3, -0.25) is 9.59 Å². The Kier molecular flexibility index (Phi) is 7.47. The first-order valence-corrected chi connectivity index (χ1v) is 12.3. The minimum Gasteiger partial charge on any atom is -0.368 e. The van der Waals surface area contributed by atoms with Gasteiger partial charge < -0.3 is 15.1 Å². The second-order valence-corrected chi connectivity index (χ2v) is 9.32. The number of aromatic nitrogens is 2. The maximum atomic E-state index is 12.5. The van der Waals surface area contributed by atoms with Gasteiger partial charge >= 0.3 is 0 Å². The summed E-state index contributed by atoms with van der Waals surface area (Å²) in [5.41, 5.74) is 5.10. The summed E-state index contributed by atoms with van der Waals surface area (Å²) in [6, 6.07) is 13.4. The molecule has 7 nitrogen and oxygen atoms in total. The van der Waals surface area contributed by atoms with Gasteiger partial charge in [-0.25, -0.2) is 9.97 Å². The zero-order chi connectivity index (χ0) is 24.1. The van der Waals surface area contributed by atoms with Crippen molar-refractivity contribution in [3.63, 3.8) is 0 Å². The van der Waals surface area contributed by atoms with Crippen molar-refractivity contribution in [3.8, 4) is 0 Å². The maximum Gasteiger partial charge on any atom is 0.234 e. The summed E-state index contributed by atoms with van der Waals surface area (Å²) in [7, 11) is 0. The molecule has 1 aliphatic heterocycles. The van der Waals surface area contributed by atoms with Crippen LogP contribution in [-0.2, 0) is 4.79 Å². The molecule has 2 heterocycles. The minimum absolute atomic E-state index is 0.0349. The van der Waals surface area contributed by atoms with E-state index < -0.39 is 0 Å². The molecule has 176 valence electrons. The Morgan fingerprint density at radius 2 is 1.68 bits per heavy atom. The molecule has 1 aliphatic rings. The predicted octanol–water partition coefficient (Wildman–Crippen LogP) is 4.35. The molecule has 1 amide bonds. The molecule has 0 unspecified atom stereocenters. The topological polar surface area (TPSA) is 78.4 Å². The van der Waals surface area contributed by atoms with E-state index in [-0.39, 0.29) is 17.4 Å². The van der Waals surface area contributed by atoms with E-state index in [4.69, 9.17) is 0 Å². The van der Waals surface area contributed by atoms with Crippen LogP contribution in [-0.4, -0.2) is 53.6 Å². The van der Waals surface area contributed by atoms with Crippen molar-refractivity contribution in [1.82, 2.24) is 9.97 Å². The number of aryl methyl sites for hydroxylation is 1. The second kappa shape index (κ2) is 10.7. The fourth-order valence-corrected chi connectivity index (χ4v) is 4.81. The summed E-state index contributed by atoms with van der Waals surface area (Å²) in [6.45, 7) is 9.31. The normalized spacial score (nSPS) is 13.6. The lowest BCUT2D eigenvalue weighted by Crippen LogP contribution is -2.47. The van der Waals surface area contributed by atoms with Crippen molar-refractivity contribution < 1.29 is 9.59 Å². The van der Waals surface area contributed by atoms with Crippen LogP contribution in [0.2, 0.25) is 0 Å². The summed E-state index contributed by atoms with van der Waals surface area (Å²) >= 11 is 1.37. The van der Waals surface area contributed by atoms with Gasteiger partial charge in [-0.2, -0.15) is 0 Å². The molecular formula is C26H29N5O2S. The van der Waals surface area contributed by atoms with Gasteiger partial charge in [-0.05, 0) is 50.1 Å². The Hall–Kier alpha value is -3.39. The zero-order valence-corrected chi connectivity index (χ0v) is 20.6. The monoisotopic (exact) mass is 475 g/mol. The molecular weight excluding hydrogens is 446 g/mol. The first-order chi connectivity index (χ1) is 16.4. The number of carbonyl (C=O) groups excluding carboxylic acids is 2. The highest BCUT2D eigenvalue weighted by Crippen LogP contribution is 2.29. The van der Waals surface area contributed by atoms with E-state index in [1.165, 1.54) is 35.5 Å². The summed E-state index contributed by atoms with van der Waals surface area (Å²) < 4.78 is 0. The molecule has 0 spiro atoms. The summed E-state index contributed by atoms with van der Waals surface area (Å²) in [5.74, 6) is 0.840. The van der Waals surface area contributed by atoms with Crippen LogP contribution in [0.15, 0.2) is 59.9 Å². The quantitative estimate of drug-likeness (QED) is 0.402. The van der Waals surface area contributed by atoms with Gasteiger partial charge in [0.1, 0.15) is 5.03 Å². The standard InChI is InChI=1S/C26H29N5O2S/c1-18-6-4-9-23(19(18)2)30-12-14-31(15-13-30)25-26(28-11-10-27-25)34-17-24(33)29-22-8-5-7-21(16-22)20(3)32/h4-11,16H,12-15,17H2,1-3H3,(H,29,33). The van der Waals surface area contributed by atoms with Crippen LogP contribution < -0.4 is 15.1 Å². The van der Waals surface area contributed by atoms with Crippen molar-refractivity contribution in [1.29, 1.82) is 0 Å². The Morgan fingerprint density at radius 3 is 2.44 bits per heavy atom. The number of hydrogen-bond donors (Lipinski definition) is 1. The van der Waals surface area contributed by atoms with Gasteiger partial charge in [-0.1, -0.05) is 36.0 Å². The molecule has 1 N–H and O–H groups in total. The number of Topliss-reactive ketones (excluding diaryl/α,β-unsaturated/α-hetero) is 1. The molecule has 8 heteroatoms. The fraction of sp³-hybridized carbons (Fsp3) is 0.308. The van der Waals surface area contributed by atoms with Crippen molar-refractivity contribution in [2.45, 2.75) is 25.8 Å². The van der Waals surface area contributed by atoms with Crippen LogP contribution >= 0.6 is 11.8 Å². The van der Waals surface area contributed by atoms with Gasteiger partial charge in [0, 0.05) is 55.5 Å². The van der Waals surface area contributed by atoms with Crippen LogP contribution in [0.25, 0.3) is 0 Å². The van der Waals surface area contributed by atoms with Gasteiger partial charge in [0.05, 0.1) is 5.75 Å². The van der Waals surface area contributed by atoms with Gasteiger partial charge in [-0.15, -0.1) is 0 Å². The van der Waals surface area contributed by atoms with Crippen LogP contribution in [0.4, 0.5) is 17.2 Å². The Morgan fingerprint density at radius 1 is 0.971 bits per heavy atom. The number of anilines is 3. The lowest BCUT2D eigenvalue weighted by Gasteiger charge is -2.37. The lowest BCUT2D eigenvalue weighted by molar-refractivity contribution is -0.113. The van der Waals surface area contributed by atoms with Crippen LogP contribution in [0.3, 0.4) is 0 Å². The third-order valence-electron chi connectivity index (χ3n) is 6.04. The largest absolute Gasteiger partial charge is 0.368 e. The average Bonchev–Trinajstić information content (AvgIpc) is 2.85. The number of piperazine rings is 1. The van der Waals surface area contributed by atoms with Gasteiger partial charge in [0.2, 0.25) is 5.91 Å². The number of nitrogens with one attached hydrogen (secondary N) is 1. The van der Waals surface area contributed by atoms with Crippen molar-refractivity contribution in [2.24, 2.45) is 0 Å². The fourth-order valence-electron chi connectivity index (χ4n) is 4.02. The highest BCUT2D eigenvalue weighted by atomic mass is 32.2. The number of ketones is 1. The molecule has 34 heavy (non-hydrogen) atoms. The van der Waals surface area contributed by atoms with E-state index >= 15 is 0 Å². The average molecular weight is 476 g/mol. The molecule has 0 saturated carbocycles. The molecule has 0 aliphatic carbocycles. The predicted molar refractivity (Wildman–Crippen MR) is 138 cm³/mol. The molecule has 0 radical (unpaired) electrons. The van der Waals surface area contributed by atoms with E-state index in [0.717, 1.165) is 37.0 Å². The number of hydrogen-bond acceptors (Lipinski definition) is 7. The van der Waals surface area contributed by atoms with E-state index in [9.17, 15) is 9.59 Å². The summed E-state index contributed by atoms with van der Waals surface area (Å²) in [4.78, 5) is 37.8. The number of amides is 1. The number of nitrogens with zero attached hydrogens (tertiary/aromatic N) is 4. The first kappa shape index (κ1) is 23.8. The van der Waals surface area contributed by atoms with Crippen molar-refractivity contribution >= 4 is 40.6 Å². The van der Waals surface area contributed by atoms with Crippen LogP contribution in [0.1, 0.15) is 28.4 Å². The Bertz CT molecular complexity index is 1190. The van der Waals surface area contributed by atoms with Gasteiger partial charge in [0.25, 0.3) is 0 Å². The SMILES string of the molecule is CC(=O)c1cccc(NC(=O)CSc2nccnc2N2CCN(c3cccc(C)c3C)CC2)c1. The molecule has 1 aromatic heterocycles.